The topological polar surface area (TPSA) is 43.8 Å². The van der Waals surface area contributed by atoms with Crippen LogP contribution < -0.4 is 5.73 Å². The number of hydrogen-bond acceptors (Lipinski definition) is 2. The normalized spacial score (nSPS) is 14.4. The molecule has 1 aromatic heterocycles. The van der Waals surface area contributed by atoms with Crippen molar-refractivity contribution in [3.63, 3.8) is 0 Å². The van der Waals surface area contributed by atoms with Crippen LogP contribution in [0.2, 0.25) is 0 Å². The fraction of sp³-hybridized carbons (Fsp3) is 0.357. The number of rotatable bonds is 4. The minimum atomic E-state index is -0.432. The van der Waals surface area contributed by atoms with E-state index < -0.39 is 5.54 Å². The van der Waals surface area contributed by atoms with Gasteiger partial charge in [-0.15, -0.1) is 0 Å². The monoisotopic (exact) mass is 307 g/mol. The lowest BCUT2D eigenvalue weighted by atomic mass is 9.89. The van der Waals surface area contributed by atoms with Gasteiger partial charge in [-0.2, -0.15) is 0 Å². The third-order valence-electron chi connectivity index (χ3n) is 3.16. The minimum absolute atomic E-state index is 0.432. The number of aromatic nitrogens is 2. The standard InChI is InChI=1S/C14H18BrN3/c1-3-18-9-8-17-13(18)10-14(2,16)11-6-4-5-7-12(11)15/h4-9H,3,10,16H2,1-2H3. The fourth-order valence-corrected chi connectivity index (χ4v) is 2.88. The number of benzene rings is 1. The third kappa shape index (κ3) is 2.65. The van der Waals surface area contributed by atoms with Crippen LogP contribution in [-0.4, -0.2) is 9.55 Å². The predicted octanol–water partition coefficient (Wildman–Crippen LogP) is 3.08. The molecule has 2 N–H and O–H groups in total. The Morgan fingerprint density at radius 2 is 2.11 bits per heavy atom. The number of nitrogens with zero attached hydrogens (tertiary/aromatic N) is 2. The second-order valence-corrected chi connectivity index (χ2v) is 5.56. The molecule has 1 aromatic carbocycles. The number of imidazole rings is 1. The zero-order chi connectivity index (χ0) is 13.2. The van der Waals surface area contributed by atoms with Crippen LogP contribution in [0.5, 0.6) is 0 Å². The van der Waals surface area contributed by atoms with Gasteiger partial charge in [0.2, 0.25) is 0 Å². The number of aryl methyl sites for hydroxylation is 1. The van der Waals surface area contributed by atoms with Crippen molar-refractivity contribution in [2.75, 3.05) is 0 Å². The van der Waals surface area contributed by atoms with E-state index in [0.717, 1.165) is 28.8 Å². The van der Waals surface area contributed by atoms with Gasteiger partial charge in [-0.3, -0.25) is 0 Å². The van der Waals surface area contributed by atoms with Crippen LogP contribution in [-0.2, 0) is 18.5 Å². The molecule has 18 heavy (non-hydrogen) atoms. The molecule has 0 spiro atoms. The Morgan fingerprint density at radius 1 is 1.39 bits per heavy atom. The lowest BCUT2D eigenvalue weighted by Gasteiger charge is -2.26. The molecule has 0 fully saturated rings. The van der Waals surface area contributed by atoms with Crippen LogP contribution in [0.4, 0.5) is 0 Å². The molecule has 1 heterocycles. The number of hydrogen-bond donors (Lipinski definition) is 1. The van der Waals surface area contributed by atoms with Crippen LogP contribution in [0.25, 0.3) is 0 Å². The molecule has 0 aliphatic heterocycles. The summed E-state index contributed by atoms with van der Waals surface area (Å²) < 4.78 is 3.17. The molecule has 2 aromatic rings. The first kappa shape index (κ1) is 13.3. The molecule has 0 saturated carbocycles. The van der Waals surface area contributed by atoms with E-state index in [2.05, 4.69) is 38.5 Å². The van der Waals surface area contributed by atoms with Gasteiger partial charge in [0.15, 0.2) is 0 Å². The van der Waals surface area contributed by atoms with Crippen LogP contribution in [0, 0.1) is 0 Å². The number of halogens is 1. The van der Waals surface area contributed by atoms with E-state index in [1.54, 1.807) is 0 Å². The molecule has 0 bridgehead atoms. The summed E-state index contributed by atoms with van der Waals surface area (Å²) in [5.41, 5.74) is 7.15. The van der Waals surface area contributed by atoms with E-state index in [1.165, 1.54) is 0 Å². The second-order valence-electron chi connectivity index (χ2n) is 4.70. The maximum Gasteiger partial charge on any atom is 0.110 e. The molecule has 1 unspecified atom stereocenters. The Bertz CT molecular complexity index is 531. The van der Waals surface area contributed by atoms with Crippen molar-refractivity contribution in [3.8, 4) is 0 Å². The quantitative estimate of drug-likeness (QED) is 0.943. The molecule has 2 rings (SSSR count). The summed E-state index contributed by atoms with van der Waals surface area (Å²) >= 11 is 3.56. The van der Waals surface area contributed by atoms with E-state index in [1.807, 2.05) is 37.5 Å². The van der Waals surface area contributed by atoms with E-state index in [9.17, 15) is 0 Å². The van der Waals surface area contributed by atoms with Gasteiger partial charge >= 0.3 is 0 Å². The van der Waals surface area contributed by atoms with Crippen LogP contribution in [0.1, 0.15) is 25.2 Å². The predicted molar refractivity (Wildman–Crippen MR) is 77.3 cm³/mol. The zero-order valence-electron chi connectivity index (χ0n) is 10.7. The van der Waals surface area contributed by atoms with Gasteiger partial charge in [0, 0.05) is 35.4 Å². The molecule has 0 aliphatic rings. The van der Waals surface area contributed by atoms with E-state index in [-0.39, 0.29) is 0 Å². The van der Waals surface area contributed by atoms with Crippen molar-refractivity contribution in [2.45, 2.75) is 32.4 Å². The Labute approximate surface area is 116 Å². The molecular formula is C14H18BrN3. The molecular weight excluding hydrogens is 290 g/mol. The molecule has 96 valence electrons. The Morgan fingerprint density at radius 3 is 2.78 bits per heavy atom. The van der Waals surface area contributed by atoms with Crippen molar-refractivity contribution in [2.24, 2.45) is 5.73 Å². The highest BCUT2D eigenvalue weighted by Crippen LogP contribution is 2.28. The lowest BCUT2D eigenvalue weighted by Crippen LogP contribution is -2.36. The summed E-state index contributed by atoms with van der Waals surface area (Å²) in [6.45, 7) is 5.07. The summed E-state index contributed by atoms with van der Waals surface area (Å²) in [6.07, 6.45) is 4.54. The van der Waals surface area contributed by atoms with Crippen molar-refractivity contribution in [1.82, 2.24) is 9.55 Å². The van der Waals surface area contributed by atoms with Gasteiger partial charge < -0.3 is 10.3 Å². The summed E-state index contributed by atoms with van der Waals surface area (Å²) in [5, 5.41) is 0. The maximum atomic E-state index is 6.47. The minimum Gasteiger partial charge on any atom is -0.335 e. The van der Waals surface area contributed by atoms with Gasteiger partial charge in [-0.1, -0.05) is 34.1 Å². The Kier molecular flexibility index (Phi) is 3.88. The van der Waals surface area contributed by atoms with Crippen molar-refractivity contribution in [1.29, 1.82) is 0 Å². The summed E-state index contributed by atoms with van der Waals surface area (Å²) in [5.74, 6) is 1.03. The van der Waals surface area contributed by atoms with Gasteiger partial charge in [-0.25, -0.2) is 4.98 Å². The first-order valence-electron chi connectivity index (χ1n) is 6.08. The molecule has 0 radical (unpaired) electrons. The summed E-state index contributed by atoms with van der Waals surface area (Å²) in [7, 11) is 0. The first-order valence-corrected chi connectivity index (χ1v) is 6.88. The highest BCUT2D eigenvalue weighted by atomic mass is 79.9. The summed E-state index contributed by atoms with van der Waals surface area (Å²) in [4.78, 5) is 4.40. The average molecular weight is 308 g/mol. The average Bonchev–Trinajstić information content (AvgIpc) is 2.76. The number of nitrogens with two attached hydrogens (primary N) is 1. The van der Waals surface area contributed by atoms with E-state index >= 15 is 0 Å². The van der Waals surface area contributed by atoms with E-state index in [4.69, 9.17) is 5.73 Å². The van der Waals surface area contributed by atoms with Gasteiger partial charge in [0.05, 0.1) is 0 Å². The lowest BCUT2D eigenvalue weighted by molar-refractivity contribution is 0.463. The van der Waals surface area contributed by atoms with Crippen LogP contribution >= 0.6 is 15.9 Å². The van der Waals surface area contributed by atoms with Gasteiger partial charge in [0.1, 0.15) is 5.82 Å². The molecule has 0 amide bonds. The second kappa shape index (κ2) is 5.24. The van der Waals surface area contributed by atoms with Crippen LogP contribution in [0.3, 0.4) is 0 Å². The first-order chi connectivity index (χ1) is 8.54. The highest BCUT2D eigenvalue weighted by molar-refractivity contribution is 9.10. The Balaban J connectivity index is 2.30. The molecule has 0 aliphatic carbocycles. The van der Waals surface area contributed by atoms with Gasteiger partial charge in [0.25, 0.3) is 0 Å². The molecule has 3 nitrogen and oxygen atoms in total. The zero-order valence-corrected chi connectivity index (χ0v) is 12.3. The van der Waals surface area contributed by atoms with Gasteiger partial charge in [-0.05, 0) is 25.5 Å². The van der Waals surface area contributed by atoms with Crippen LogP contribution in [0.15, 0.2) is 41.1 Å². The maximum absolute atomic E-state index is 6.47. The largest absolute Gasteiger partial charge is 0.335 e. The molecule has 4 heteroatoms. The molecule has 0 saturated heterocycles. The Hall–Kier alpha value is -1.13. The van der Waals surface area contributed by atoms with Crippen molar-refractivity contribution in [3.05, 3.63) is 52.5 Å². The highest BCUT2D eigenvalue weighted by Gasteiger charge is 2.25. The van der Waals surface area contributed by atoms with Crippen molar-refractivity contribution < 1.29 is 0 Å². The SMILES string of the molecule is CCn1ccnc1CC(C)(N)c1ccccc1Br. The third-order valence-corrected chi connectivity index (χ3v) is 3.85. The smallest absolute Gasteiger partial charge is 0.110 e. The molecule has 1 atom stereocenters. The van der Waals surface area contributed by atoms with Crippen molar-refractivity contribution >= 4 is 15.9 Å². The fourth-order valence-electron chi connectivity index (χ4n) is 2.14. The summed E-state index contributed by atoms with van der Waals surface area (Å²) in [6, 6.07) is 8.09. The van der Waals surface area contributed by atoms with E-state index in [0.29, 0.717) is 0 Å².